The van der Waals surface area contributed by atoms with Crippen LogP contribution in [0.3, 0.4) is 0 Å². The second-order valence-electron chi connectivity index (χ2n) is 7.14. The second kappa shape index (κ2) is 7.15. The maximum Gasteiger partial charge on any atom is 0.0606 e. The quantitative estimate of drug-likeness (QED) is 0.824. The monoisotopic (exact) mass is 312 g/mol. The van der Waals surface area contributed by atoms with E-state index in [0.717, 1.165) is 5.49 Å². The van der Waals surface area contributed by atoms with E-state index in [4.69, 9.17) is 4.36 Å². The number of hydrogen-bond acceptors (Lipinski definition) is 1. The lowest BCUT2D eigenvalue weighted by molar-refractivity contribution is 0.528. The van der Waals surface area contributed by atoms with Gasteiger partial charge < -0.3 is 0 Å². The predicted molar refractivity (Wildman–Crippen MR) is 96.2 cm³/mol. The van der Waals surface area contributed by atoms with Crippen molar-refractivity contribution >= 4 is 24.1 Å². The Balaban J connectivity index is 2.88. The molecule has 1 aromatic carbocycles. The van der Waals surface area contributed by atoms with Gasteiger partial charge in [-0.1, -0.05) is 38.3 Å². The zero-order chi connectivity index (χ0) is 15.4. The molecule has 0 spiro atoms. The van der Waals surface area contributed by atoms with Crippen molar-refractivity contribution in [2.45, 2.75) is 52.6 Å². The lowest BCUT2D eigenvalue weighted by atomic mass is 10.1. The summed E-state index contributed by atoms with van der Waals surface area (Å²) in [6, 6.07) is 10.8. The summed E-state index contributed by atoms with van der Waals surface area (Å²) in [5, 5.41) is 1.46. The molecule has 0 saturated carbocycles. The van der Waals surface area contributed by atoms with Crippen molar-refractivity contribution in [2.24, 2.45) is 4.36 Å². The summed E-state index contributed by atoms with van der Waals surface area (Å²) in [6.45, 7) is 15.5. The van der Waals surface area contributed by atoms with Crippen LogP contribution in [0.1, 0.15) is 41.5 Å². The molecule has 1 N–H and O–H groups in total. The molecule has 2 nitrogen and oxygen atoms in total. The minimum atomic E-state index is -0.165. The Morgan fingerprint density at radius 1 is 1.05 bits per heavy atom. The summed E-state index contributed by atoms with van der Waals surface area (Å²) in [6.07, 6.45) is 0. The van der Waals surface area contributed by atoms with Gasteiger partial charge in [0, 0.05) is 11.0 Å². The maximum atomic E-state index is 4.99. The molecule has 0 unspecified atom stereocenters. The molecule has 0 radical (unpaired) electrons. The van der Waals surface area contributed by atoms with E-state index in [2.05, 4.69) is 83.3 Å². The zero-order valence-electron chi connectivity index (χ0n) is 13.9. The van der Waals surface area contributed by atoms with Crippen LogP contribution in [0.25, 0.3) is 0 Å². The number of benzene rings is 1. The van der Waals surface area contributed by atoms with Gasteiger partial charge in [-0.3, -0.25) is 0 Å². The number of nitrogens with one attached hydrogen (secondary N) is 1. The normalized spacial score (nSPS) is 16.1. The number of hydrogen-bond donors (Lipinski definition) is 1. The van der Waals surface area contributed by atoms with E-state index in [0.29, 0.717) is 0 Å². The first kappa shape index (κ1) is 17.8. The van der Waals surface area contributed by atoms with Crippen molar-refractivity contribution in [3.8, 4) is 0 Å². The minimum Gasteiger partial charge on any atom is -0.250 e. The van der Waals surface area contributed by atoms with Crippen molar-refractivity contribution in [1.29, 1.82) is 0 Å². The van der Waals surface area contributed by atoms with Crippen LogP contribution in [0, 0.1) is 0 Å². The van der Waals surface area contributed by atoms with Crippen LogP contribution in [0.2, 0.25) is 0 Å². The van der Waals surface area contributed by atoms with Gasteiger partial charge in [0.15, 0.2) is 0 Å². The van der Waals surface area contributed by atoms with Gasteiger partial charge in [-0.05, 0) is 64.4 Å². The highest BCUT2D eigenvalue weighted by molar-refractivity contribution is 7.94. The molecule has 0 amide bonds. The first-order valence-corrected chi connectivity index (χ1v) is 10.4. The second-order valence-corrected chi connectivity index (χ2v) is 11.2. The van der Waals surface area contributed by atoms with E-state index < -0.39 is 0 Å². The summed E-state index contributed by atoms with van der Waals surface area (Å²) in [4.78, 5) is 0. The van der Waals surface area contributed by atoms with Crippen LogP contribution in [-0.4, -0.2) is 23.2 Å². The maximum absolute atomic E-state index is 4.99. The third-order valence-electron chi connectivity index (χ3n) is 2.32. The van der Waals surface area contributed by atoms with Crippen LogP contribution in [0.4, 0.5) is 0 Å². The van der Waals surface area contributed by atoms with Crippen molar-refractivity contribution in [2.75, 3.05) is 12.2 Å². The van der Waals surface area contributed by atoms with Crippen LogP contribution in [0.5, 0.6) is 0 Å². The van der Waals surface area contributed by atoms with Crippen LogP contribution in [-0.2, 0) is 10.9 Å². The van der Waals surface area contributed by atoms with Gasteiger partial charge in [-0.25, -0.2) is 9.08 Å². The summed E-state index contributed by atoms with van der Waals surface area (Å²) < 4.78 is 8.68. The Morgan fingerprint density at radius 2 is 1.60 bits per heavy atom. The number of rotatable bonds is 4. The van der Waals surface area contributed by atoms with Crippen molar-refractivity contribution < 1.29 is 0 Å². The van der Waals surface area contributed by atoms with Gasteiger partial charge >= 0.3 is 0 Å². The van der Waals surface area contributed by atoms with Gasteiger partial charge in [0.2, 0.25) is 0 Å². The molecule has 0 bridgehead atoms. The molecule has 20 heavy (non-hydrogen) atoms. The Labute approximate surface area is 128 Å². The zero-order valence-corrected chi connectivity index (χ0v) is 15.6. The molecule has 0 aliphatic carbocycles. The molecular formula is C16H29N2PS. The highest BCUT2D eigenvalue weighted by Crippen LogP contribution is 2.31. The Hall–Kier alpha value is -0.240. The fraction of sp³-hybridized carbons (Fsp3) is 0.625. The lowest BCUT2D eigenvalue weighted by Crippen LogP contribution is -2.39. The van der Waals surface area contributed by atoms with Gasteiger partial charge in [0.1, 0.15) is 0 Å². The first-order valence-electron chi connectivity index (χ1n) is 7.05. The molecule has 114 valence electrons. The van der Waals surface area contributed by atoms with Crippen molar-refractivity contribution in [3.63, 3.8) is 0 Å². The standard InChI is InChI=1S/C16H29N2PS/c1-15(2,3)17-20(18-16(4,5)6)13-19(7)14-11-9-8-10-12-14/h8-12H,13H2,1-7H3,(H,17,18)/t19-/m1/s1. The van der Waals surface area contributed by atoms with E-state index >= 15 is 0 Å². The Kier molecular flexibility index (Phi) is 6.37. The van der Waals surface area contributed by atoms with E-state index in [1.54, 1.807) is 0 Å². The number of nitrogens with zero attached hydrogens (tertiary/aromatic N) is 1. The topological polar surface area (TPSA) is 24.4 Å². The molecular weight excluding hydrogens is 283 g/mol. The molecule has 0 aromatic heterocycles. The summed E-state index contributed by atoms with van der Waals surface area (Å²) in [5.41, 5.74) is 1.23. The highest BCUT2D eigenvalue weighted by Gasteiger charge is 2.17. The van der Waals surface area contributed by atoms with Gasteiger partial charge in [-0.2, -0.15) is 0 Å². The van der Waals surface area contributed by atoms with Gasteiger partial charge in [0.05, 0.1) is 5.54 Å². The van der Waals surface area contributed by atoms with E-state index in [-0.39, 0.29) is 29.9 Å². The Morgan fingerprint density at radius 3 is 2.05 bits per heavy atom. The molecule has 4 heteroatoms. The van der Waals surface area contributed by atoms with Crippen LogP contribution >= 0.6 is 7.92 Å². The molecule has 0 aliphatic heterocycles. The minimum absolute atomic E-state index is 0.00816. The third kappa shape index (κ3) is 7.52. The Bertz CT molecular complexity index is 444. The first-order chi connectivity index (χ1) is 9.07. The summed E-state index contributed by atoms with van der Waals surface area (Å²) >= 11 is 0. The molecule has 0 saturated heterocycles. The summed E-state index contributed by atoms with van der Waals surface area (Å²) in [5.74, 6) is 0. The lowest BCUT2D eigenvalue weighted by Gasteiger charge is -2.27. The van der Waals surface area contributed by atoms with Crippen molar-refractivity contribution in [1.82, 2.24) is 4.72 Å². The molecule has 2 atom stereocenters. The summed E-state index contributed by atoms with van der Waals surface area (Å²) in [7, 11) is -0.255. The smallest absolute Gasteiger partial charge is 0.0606 e. The predicted octanol–water partition coefficient (Wildman–Crippen LogP) is 4.28. The molecule has 1 rings (SSSR count). The molecule has 0 fully saturated rings. The fourth-order valence-electron chi connectivity index (χ4n) is 1.71. The van der Waals surface area contributed by atoms with E-state index in [9.17, 15) is 0 Å². The van der Waals surface area contributed by atoms with Gasteiger partial charge in [-0.15, -0.1) is 0 Å². The molecule has 1 aromatic rings. The average molecular weight is 312 g/mol. The van der Waals surface area contributed by atoms with E-state index in [1.807, 2.05) is 0 Å². The highest BCUT2D eigenvalue weighted by atomic mass is 32.2. The van der Waals surface area contributed by atoms with Crippen LogP contribution < -0.4 is 10.0 Å². The van der Waals surface area contributed by atoms with Gasteiger partial charge in [0.25, 0.3) is 0 Å². The van der Waals surface area contributed by atoms with E-state index in [1.165, 1.54) is 5.30 Å². The van der Waals surface area contributed by atoms with Crippen LogP contribution in [0.15, 0.2) is 34.7 Å². The molecule has 0 heterocycles. The average Bonchev–Trinajstić information content (AvgIpc) is 2.25. The fourth-order valence-corrected chi connectivity index (χ4v) is 6.36. The molecule has 0 aliphatic rings. The largest absolute Gasteiger partial charge is 0.250 e. The van der Waals surface area contributed by atoms with Crippen molar-refractivity contribution in [3.05, 3.63) is 30.3 Å². The SMILES string of the molecule is C[P@](C[S@@](=NC(C)(C)C)NC(C)(C)C)c1ccccc1. The third-order valence-corrected chi connectivity index (χ3v) is 7.64.